The van der Waals surface area contributed by atoms with Gasteiger partial charge in [-0.05, 0) is 26.0 Å². The number of thiazole rings is 1. The molecule has 2 fully saturated rings. The first-order valence-electron chi connectivity index (χ1n) is 9.11. The Morgan fingerprint density at radius 3 is 2.96 bits per heavy atom. The Morgan fingerprint density at radius 2 is 2.12 bits per heavy atom. The predicted octanol–water partition coefficient (Wildman–Crippen LogP) is 2.22. The molecule has 2 aliphatic rings. The molecule has 0 aliphatic carbocycles. The van der Waals surface area contributed by atoms with Crippen LogP contribution in [0.5, 0.6) is 5.75 Å². The predicted molar refractivity (Wildman–Crippen MR) is 104 cm³/mol. The molecule has 2 saturated heterocycles. The summed E-state index contributed by atoms with van der Waals surface area (Å²) in [6, 6.07) is 7.88. The van der Waals surface area contributed by atoms with Gasteiger partial charge in [-0.2, -0.15) is 0 Å². The summed E-state index contributed by atoms with van der Waals surface area (Å²) in [6.07, 6.45) is 1.92. The number of nitrogens with one attached hydrogen (secondary N) is 1. The number of fused-ring (bicyclic) bond motifs is 1. The first-order valence-corrected chi connectivity index (χ1v) is 9.93. The lowest BCUT2D eigenvalue weighted by Crippen LogP contribution is -2.64. The van der Waals surface area contributed by atoms with Gasteiger partial charge < -0.3 is 10.1 Å². The fourth-order valence-corrected chi connectivity index (χ4v) is 4.49. The zero-order chi connectivity index (χ0) is 18.1. The second-order valence-electron chi connectivity index (χ2n) is 6.91. The standard InChI is InChI=1S/C19H24N4O2S/c1-13(2)25-16-6-4-3-5-14(16)18-21-12-17(26-18)23-10-9-22-8-7-20-11-15(22)19(23)24/h3-6,12-13,15,20H,7-11H2,1-2H3/t15-/m1/s1. The van der Waals surface area contributed by atoms with Crippen LogP contribution in [0.3, 0.4) is 0 Å². The van der Waals surface area contributed by atoms with Crippen LogP contribution in [0.1, 0.15) is 13.8 Å². The van der Waals surface area contributed by atoms with Crippen LogP contribution < -0.4 is 15.0 Å². The summed E-state index contributed by atoms with van der Waals surface area (Å²) >= 11 is 1.55. The minimum atomic E-state index is -0.0559. The quantitative estimate of drug-likeness (QED) is 0.892. The van der Waals surface area contributed by atoms with Crippen LogP contribution in [0.25, 0.3) is 10.6 Å². The molecule has 6 nitrogen and oxygen atoms in total. The van der Waals surface area contributed by atoms with E-state index in [1.54, 1.807) is 11.3 Å². The van der Waals surface area contributed by atoms with Gasteiger partial charge in [0.2, 0.25) is 5.91 Å². The fourth-order valence-electron chi connectivity index (χ4n) is 3.51. The first-order chi connectivity index (χ1) is 12.6. The highest BCUT2D eigenvalue weighted by Gasteiger charge is 2.37. The lowest BCUT2D eigenvalue weighted by Gasteiger charge is -2.42. The molecule has 3 heterocycles. The number of ether oxygens (including phenoxy) is 1. The lowest BCUT2D eigenvalue weighted by molar-refractivity contribution is -0.126. The van der Waals surface area contributed by atoms with Gasteiger partial charge in [0.1, 0.15) is 21.8 Å². The van der Waals surface area contributed by atoms with E-state index in [0.29, 0.717) is 0 Å². The summed E-state index contributed by atoms with van der Waals surface area (Å²) in [5, 5.41) is 5.12. The lowest BCUT2D eigenvalue weighted by atomic mass is 10.1. The molecule has 2 aliphatic heterocycles. The molecular weight excluding hydrogens is 348 g/mol. The van der Waals surface area contributed by atoms with Gasteiger partial charge >= 0.3 is 0 Å². The van der Waals surface area contributed by atoms with Gasteiger partial charge in [-0.3, -0.25) is 14.6 Å². The average Bonchev–Trinajstić information content (AvgIpc) is 3.12. The van der Waals surface area contributed by atoms with Crippen molar-refractivity contribution >= 4 is 22.2 Å². The van der Waals surface area contributed by atoms with Crippen LogP contribution in [0.4, 0.5) is 5.00 Å². The molecule has 1 N–H and O–H groups in total. The Kier molecular flexibility index (Phi) is 4.93. The molecule has 26 heavy (non-hydrogen) atoms. The minimum Gasteiger partial charge on any atom is -0.490 e. The minimum absolute atomic E-state index is 0.0559. The maximum atomic E-state index is 12.9. The normalized spacial score (nSPS) is 21.1. The van der Waals surface area contributed by atoms with Gasteiger partial charge in [0.15, 0.2) is 0 Å². The van der Waals surface area contributed by atoms with E-state index in [4.69, 9.17) is 4.74 Å². The van der Waals surface area contributed by atoms with Gasteiger partial charge in [0, 0.05) is 32.7 Å². The van der Waals surface area contributed by atoms with Crippen molar-refractivity contribution in [2.24, 2.45) is 0 Å². The Labute approximate surface area is 157 Å². The number of hydrogen-bond acceptors (Lipinski definition) is 6. The van der Waals surface area contributed by atoms with Crippen molar-refractivity contribution in [1.82, 2.24) is 15.2 Å². The second-order valence-corrected chi connectivity index (χ2v) is 7.92. The highest BCUT2D eigenvalue weighted by atomic mass is 32.1. The molecule has 7 heteroatoms. The van der Waals surface area contributed by atoms with E-state index in [-0.39, 0.29) is 18.1 Å². The number of amides is 1. The van der Waals surface area contributed by atoms with Crippen LogP contribution in [0.2, 0.25) is 0 Å². The number of rotatable bonds is 4. The monoisotopic (exact) mass is 372 g/mol. The number of carbonyl (C=O) groups excluding carboxylic acids is 1. The molecule has 0 unspecified atom stereocenters. The number of carbonyl (C=O) groups is 1. The summed E-state index contributed by atoms with van der Waals surface area (Å²) in [5.74, 6) is 1.00. The smallest absolute Gasteiger partial charge is 0.246 e. The summed E-state index contributed by atoms with van der Waals surface area (Å²) < 4.78 is 5.92. The maximum Gasteiger partial charge on any atom is 0.246 e. The number of para-hydroxylation sites is 1. The number of hydrogen-bond donors (Lipinski definition) is 1. The Morgan fingerprint density at radius 1 is 1.27 bits per heavy atom. The highest BCUT2D eigenvalue weighted by molar-refractivity contribution is 7.19. The van der Waals surface area contributed by atoms with E-state index < -0.39 is 0 Å². The van der Waals surface area contributed by atoms with Crippen LogP contribution >= 0.6 is 11.3 Å². The number of anilines is 1. The Hall–Kier alpha value is -1.96. The van der Waals surface area contributed by atoms with Crippen molar-refractivity contribution in [1.29, 1.82) is 0 Å². The molecular formula is C19H24N4O2S. The summed E-state index contributed by atoms with van der Waals surface area (Å²) in [7, 11) is 0. The van der Waals surface area contributed by atoms with E-state index in [0.717, 1.165) is 54.0 Å². The molecule has 2 aromatic rings. The molecule has 0 saturated carbocycles. The number of benzene rings is 1. The zero-order valence-electron chi connectivity index (χ0n) is 15.1. The number of nitrogens with zero attached hydrogens (tertiary/aromatic N) is 3. The third-order valence-electron chi connectivity index (χ3n) is 4.76. The van der Waals surface area contributed by atoms with Crippen molar-refractivity contribution in [2.45, 2.75) is 26.0 Å². The Balaban J connectivity index is 1.58. The molecule has 0 radical (unpaired) electrons. The molecule has 1 amide bonds. The summed E-state index contributed by atoms with van der Waals surface area (Å²) in [6.45, 7) is 8.30. The molecule has 4 rings (SSSR count). The van der Waals surface area contributed by atoms with Crippen molar-refractivity contribution in [3.05, 3.63) is 30.5 Å². The van der Waals surface area contributed by atoms with Gasteiger partial charge in [-0.25, -0.2) is 4.98 Å². The SMILES string of the molecule is CC(C)Oc1ccccc1-c1ncc(N2CCN3CCNC[C@@H]3C2=O)s1. The van der Waals surface area contributed by atoms with Crippen molar-refractivity contribution < 1.29 is 9.53 Å². The molecule has 1 atom stereocenters. The third kappa shape index (κ3) is 3.34. The molecule has 0 spiro atoms. The molecule has 1 aromatic heterocycles. The summed E-state index contributed by atoms with van der Waals surface area (Å²) in [4.78, 5) is 21.7. The fraction of sp³-hybridized carbons (Fsp3) is 0.474. The van der Waals surface area contributed by atoms with Crippen LogP contribution in [0.15, 0.2) is 30.5 Å². The van der Waals surface area contributed by atoms with E-state index in [1.165, 1.54) is 0 Å². The first kappa shape index (κ1) is 17.5. The topological polar surface area (TPSA) is 57.7 Å². The second kappa shape index (κ2) is 7.34. The van der Waals surface area contributed by atoms with E-state index >= 15 is 0 Å². The van der Waals surface area contributed by atoms with E-state index in [1.807, 2.05) is 49.2 Å². The van der Waals surface area contributed by atoms with Crippen molar-refractivity contribution in [2.75, 3.05) is 37.6 Å². The third-order valence-corrected chi connectivity index (χ3v) is 5.81. The largest absolute Gasteiger partial charge is 0.490 e. The number of aromatic nitrogens is 1. The Bertz CT molecular complexity index is 791. The average molecular weight is 372 g/mol. The van der Waals surface area contributed by atoms with Crippen molar-refractivity contribution in [3.63, 3.8) is 0 Å². The highest BCUT2D eigenvalue weighted by Crippen LogP contribution is 2.37. The van der Waals surface area contributed by atoms with Crippen LogP contribution in [-0.2, 0) is 4.79 Å². The van der Waals surface area contributed by atoms with E-state index in [2.05, 4.69) is 15.2 Å². The van der Waals surface area contributed by atoms with Crippen LogP contribution in [0, 0.1) is 0 Å². The number of piperazine rings is 2. The van der Waals surface area contributed by atoms with Gasteiger partial charge in [-0.15, -0.1) is 0 Å². The van der Waals surface area contributed by atoms with Gasteiger partial charge in [0.05, 0.1) is 17.9 Å². The van der Waals surface area contributed by atoms with E-state index in [9.17, 15) is 4.79 Å². The molecule has 138 valence electrons. The van der Waals surface area contributed by atoms with Crippen molar-refractivity contribution in [3.8, 4) is 16.3 Å². The molecule has 1 aromatic carbocycles. The van der Waals surface area contributed by atoms with Gasteiger partial charge in [0.25, 0.3) is 0 Å². The zero-order valence-corrected chi connectivity index (χ0v) is 16.0. The van der Waals surface area contributed by atoms with Crippen LogP contribution in [-0.4, -0.2) is 60.7 Å². The summed E-state index contributed by atoms with van der Waals surface area (Å²) in [5.41, 5.74) is 0.975. The molecule has 0 bridgehead atoms. The maximum absolute atomic E-state index is 12.9. The van der Waals surface area contributed by atoms with Gasteiger partial charge in [-0.1, -0.05) is 23.5 Å².